The molecule has 1 fully saturated rings. The molecule has 14 nitrogen and oxygen atoms in total. The SMILES string of the molecule is Cc1c(O)ccc(C(=O)CCCCN(CCCNC(=O)c2ccc(O)c(O)c2F)C(=O)CCN(C)CC2=C(C(=O)O)N3C(=O)[C@H]([C@@H](C)O)[C@H]3[C@H]2C)c1F. The van der Waals surface area contributed by atoms with Crippen molar-refractivity contribution in [3.05, 3.63) is 63.9 Å². The summed E-state index contributed by atoms with van der Waals surface area (Å²) in [7, 11) is 1.71. The molecule has 4 atom stereocenters. The number of aliphatic hydroxyl groups excluding tert-OH is 1. The van der Waals surface area contributed by atoms with Gasteiger partial charge in [-0.25, -0.2) is 13.6 Å². The Kier molecular flexibility index (Phi) is 13.2. The summed E-state index contributed by atoms with van der Waals surface area (Å²) in [6, 6.07) is 4.01. The number of phenolic OH excluding ortho intramolecular Hbond substituents is 3. The number of hydrogen-bond donors (Lipinski definition) is 6. The van der Waals surface area contributed by atoms with Gasteiger partial charge >= 0.3 is 5.97 Å². The fourth-order valence-corrected chi connectivity index (χ4v) is 6.94. The molecular formula is C37H46F2N4O10. The van der Waals surface area contributed by atoms with Crippen molar-refractivity contribution in [3.8, 4) is 17.2 Å². The minimum Gasteiger partial charge on any atom is -0.508 e. The number of nitrogens with zero attached hydrogens (tertiary/aromatic N) is 3. The number of hydrogen-bond acceptors (Lipinski definition) is 10. The second-order valence-corrected chi connectivity index (χ2v) is 13.7. The maximum atomic E-state index is 14.6. The Morgan fingerprint density at radius 3 is 2.23 bits per heavy atom. The molecule has 4 rings (SSSR count). The van der Waals surface area contributed by atoms with Crippen LogP contribution in [0.4, 0.5) is 8.78 Å². The van der Waals surface area contributed by atoms with Crippen molar-refractivity contribution in [1.82, 2.24) is 20.0 Å². The monoisotopic (exact) mass is 744 g/mol. The number of amides is 3. The Morgan fingerprint density at radius 2 is 1.57 bits per heavy atom. The van der Waals surface area contributed by atoms with Crippen LogP contribution in [0.1, 0.15) is 72.2 Å². The number of nitrogens with one attached hydrogen (secondary N) is 1. The lowest BCUT2D eigenvalue weighted by Gasteiger charge is -2.46. The minimum atomic E-state index is -1.28. The molecule has 3 amide bonds. The Labute approximate surface area is 305 Å². The zero-order valence-electron chi connectivity index (χ0n) is 30.1. The number of phenols is 3. The van der Waals surface area contributed by atoms with Crippen molar-refractivity contribution in [2.24, 2.45) is 11.8 Å². The zero-order chi connectivity index (χ0) is 39.3. The number of benzene rings is 2. The number of carbonyl (C=O) groups excluding carboxylic acids is 4. The van der Waals surface area contributed by atoms with Gasteiger partial charge in [0.25, 0.3) is 5.91 Å². The van der Waals surface area contributed by atoms with Gasteiger partial charge in [0.05, 0.1) is 29.2 Å². The van der Waals surface area contributed by atoms with Gasteiger partial charge in [-0.2, -0.15) is 0 Å². The Morgan fingerprint density at radius 1 is 0.925 bits per heavy atom. The second kappa shape index (κ2) is 17.2. The largest absolute Gasteiger partial charge is 0.508 e. The van der Waals surface area contributed by atoms with Gasteiger partial charge in [-0.15, -0.1) is 0 Å². The highest BCUT2D eigenvalue weighted by Gasteiger charge is 2.59. The summed E-state index contributed by atoms with van der Waals surface area (Å²) >= 11 is 0. The van der Waals surface area contributed by atoms with Gasteiger partial charge in [0.1, 0.15) is 17.3 Å². The fraction of sp³-hybridized carbons (Fsp3) is 0.486. The first-order valence-corrected chi connectivity index (χ1v) is 17.4. The maximum Gasteiger partial charge on any atom is 0.352 e. The number of aromatic hydroxyl groups is 3. The number of Topliss-reactive ketones (excluding diaryl/α,β-unsaturated/α-hetero) is 1. The normalized spacial score (nSPS) is 18.5. The van der Waals surface area contributed by atoms with E-state index in [1.54, 1.807) is 16.8 Å². The molecule has 2 aromatic rings. The van der Waals surface area contributed by atoms with Gasteiger partial charge in [-0.05, 0) is 70.0 Å². The van der Waals surface area contributed by atoms with Gasteiger partial charge in [0.2, 0.25) is 11.8 Å². The van der Waals surface area contributed by atoms with Crippen molar-refractivity contribution >= 4 is 29.5 Å². The molecule has 53 heavy (non-hydrogen) atoms. The van der Waals surface area contributed by atoms with Crippen LogP contribution in [0.25, 0.3) is 0 Å². The van der Waals surface area contributed by atoms with Crippen molar-refractivity contribution < 1.29 is 58.3 Å². The summed E-state index contributed by atoms with van der Waals surface area (Å²) in [5.41, 5.74) is -0.238. The molecule has 2 heterocycles. The summed E-state index contributed by atoms with van der Waals surface area (Å²) in [4.78, 5) is 68.1. The van der Waals surface area contributed by atoms with E-state index in [4.69, 9.17) is 0 Å². The average molecular weight is 745 g/mol. The third-order valence-electron chi connectivity index (χ3n) is 9.99. The number of halogens is 2. The molecule has 2 aromatic carbocycles. The van der Waals surface area contributed by atoms with Crippen LogP contribution in [0, 0.1) is 30.4 Å². The standard InChI is InChI=1S/C37H46F2N4O10/c1-19-24(33(37(52)53)43-32(19)29(21(3)44)36(43)51)18-41(4)17-13-28(48)42(15-6-5-8-26(46)22-9-11-25(45)20(2)30(22)38)16-7-14-40-35(50)23-10-12-27(47)34(49)31(23)39/h9-12,19,21,29,32,44-45,47,49H,5-8,13-18H2,1-4H3,(H,40,50)(H,52,53)/t19-,21+,29+,32+/m0/s1. The summed E-state index contributed by atoms with van der Waals surface area (Å²) < 4.78 is 28.8. The molecule has 0 aromatic heterocycles. The number of carbonyl (C=O) groups is 5. The number of unbranched alkanes of at least 4 members (excludes halogenated alkanes) is 1. The number of rotatable bonds is 18. The summed E-state index contributed by atoms with van der Waals surface area (Å²) in [5.74, 6) is -8.39. The summed E-state index contributed by atoms with van der Waals surface area (Å²) in [6.07, 6.45) is 0.00764. The van der Waals surface area contributed by atoms with Crippen LogP contribution in [0.2, 0.25) is 0 Å². The molecule has 16 heteroatoms. The molecule has 0 aliphatic carbocycles. The van der Waals surface area contributed by atoms with Crippen LogP contribution < -0.4 is 5.32 Å². The number of ketones is 1. The molecule has 0 bridgehead atoms. The topological polar surface area (TPSA) is 208 Å². The predicted molar refractivity (Wildman–Crippen MR) is 186 cm³/mol. The molecule has 0 saturated carbocycles. The molecule has 6 N–H and O–H groups in total. The van der Waals surface area contributed by atoms with Gasteiger partial charge in [-0.3, -0.25) is 19.2 Å². The van der Waals surface area contributed by atoms with E-state index in [1.165, 1.54) is 30.9 Å². The summed E-state index contributed by atoms with van der Waals surface area (Å²) in [5, 5.41) is 51.3. The highest BCUT2D eigenvalue weighted by atomic mass is 19.1. The quantitative estimate of drug-likeness (QED) is 0.0566. The van der Waals surface area contributed by atoms with Gasteiger partial charge in [0.15, 0.2) is 23.1 Å². The predicted octanol–water partition coefficient (Wildman–Crippen LogP) is 2.91. The molecule has 1 saturated heterocycles. The first-order valence-electron chi connectivity index (χ1n) is 17.4. The van der Waals surface area contributed by atoms with Crippen LogP contribution in [-0.4, -0.2) is 122 Å². The van der Waals surface area contributed by atoms with E-state index in [-0.39, 0.29) is 86.4 Å². The molecule has 2 aliphatic rings. The molecule has 2 aliphatic heterocycles. The number of aliphatic carboxylic acids is 1. The third kappa shape index (κ3) is 8.76. The number of carboxylic acids is 1. The van der Waals surface area contributed by atoms with E-state index in [0.29, 0.717) is 18.4 Å². The smallest absolute Gasteiger partial charge is 0.352 e. The Balaban J connectivity index is 1.36. The first-order chi connectivity index (χ1) is 25.0. The van der Waals surface area contributed by atoms with Crippen LogP contribution in [0.3, 0.4) is 0 Å². The molecule has 0 radical (unpaired) electrons. The average Bonchev–Trinajstić information content (AvgIpc) is 3.34. The fourth-order valence-electron chi connectivity index (χ4n) is 6.94. The Bertz CT molecular complexity index is 1720. The number of aliphatic hydroxyl groups is 1. The van der Waals surface area contributed by atoms with Crippen LogP contribution in [0.15, 0.2) is 35.5 Å². The van der Waals surface area contributed by atoms with E-state index >= 15 is 0 Å². The van der Waals surface area contributed by atoms with E-state index in [9.17, 15) is 58.3 Å². The van der Waals surface area contributed by atoms with Gasteiger partial charge < -0.3 is 45.5 Å². The van der Waals surface area contributed by atoms with E-state index in [0.717, 1.165) is 12.1 Å². The highest BCUT2D eigenvalue weighted by Crippen LogP contribution is 2.47. The third-order valence-corrected chi connectivity index (χ3v) is 9.99. The van der Waals surface area contributed by atoms with Crippen molar-refractivity contribution in [3.63, 3.8) is 0 Å². The van der Waals surface area contributed by atoms with E-state index in [2.05, 4.69) is 5.32 Å². The van der Waals surface area contributed by atoms with Crippen molar-refractivity contribution in [2.45, 2.75) is 65.0 Å². The highest BCUT2D eigenvalue weighted by molar-refractivity contribution is 6.00. The lowest BCUT2D eigenvalue weighted by atomic mass is 9.77. The molecule has 0 unspecified atom stereocenters. The zero-order valence-corrected chi connectivity index (χ0v) is 30.1. The lowest BCUT2D eigenvalue weighted by Crippen LogP contribution is -2.63. The maximum absolute atomic E-state index is 14.6. The number of likely N-dealkylation sites (N-methyl/N-ethyl adjacent to an activating group) is 1. The molecule has 0 spiro atoms. The van der Waals surface area contributed by atoms with Crippen molar-refractivity contribution in [2.75, 3.05) is 39.8 Å². The van der Waals surface area contributed by atoms with Gasteiger partial charge in [0, 0.05) is 57.0 Å². The van der Waals surface area contributed by atoms with Crippen LogP contribution in [0.5, 0.6) is 17.2 Å². The molecular weight excluding hydrogens is 698 g/mol. The Hall–Kier alpha value is -5.09. The van der Waals surface area contributed by atoms with Crippen LogP contribution in [-0.2, 0) is 14.4 Å². The van der Waals surface area contributed by atoms with Crippen LogP contribution >= 0.6 is 0 Å². The number of fused-ring (bicyclic) bond motifs is 1. The second-order valence-electron chi connectivity index (χ2n) is 13.7. The minimum absolute atomic E-state index is 0.0113. The van der Waals surface area contributed by atoms with E-state index < -0.39 is 70.3 Å². The van der Waals surface area contributed by atoms with Gasteiger partial charge in [-0.1, -0.05) is 6.92 Å². The summed E-state index contributed by atoms with van der Waals surface area (Å²) in [6.45, 7) is 5.45. The van der Waals surface area contributed by atoms with Crippen molar-refractivity contribution in [1.29, 1.82) is 0 Å². The number of β-lactam (4-membered cyclic amide) rings is 1. The lowest BCUT2D eigenvalue weighted by molar-refractivity contribution is -0.163. The van der Waals surface area contributed by atoms with E-state index in [1.807, 2.05) is 6.92 Å². The number of carboxylic acid groups (broad SMARTS) is 1. The molecule has 288 valence electrons. The first kappa shape index (κ1) is 40.7.